The Kier molecular flexibility index (Phi) is 2.93. The first kappa shape index (κ1) is 8.59. The molecule has 4 heteroatoms. The lowest BCUT2D eigenvalue weighted by atomic mass is 10.2. The largest absolute Gasteiger partial charge is 0.259 e. The van der Waals surface area contributed by atoms with E-state index in [1.807, 2.05) is 0 Å². The quantitative estimate of drug-likeness (QED) is 0.699. The molecule has 1 rings (SSSR count). The molecule has 0 aliphatic carbocycles. The average Bonchev–Trinajstić information content (AvgIpc) is 1.97. The molecule has 1 aromatic heterocycles. The van der Waals surface area contributed by atoms with Gasteiger partial charge < -0.3 is 0 Å². The normalized spacial score (nSPS) is 10.1. The summed E-state index contributed by atoms with van der Waals surface area (Å²) in [6.07, 6.45) is 2.38. The van der Waals surface area contributed by atoms with Gasteiger partial charge in [0, 0.05) is 10.9 Å². The van der Waals surface area contributed by atoms with E-state index in [4.69, 9.17) is 0 Å². The SMILES string of the molecule is Fc1cncc(F)c1CCBr. The van der Waals surface area contributed by atoms with Gasteiger partial charge in [0.25, 0.3) is 0 Å². The monoisotopic (exact) mass is 221 g/mol. The van der Waals surface area contributed by atoms with Crippen LogP contribution in [0.4, 0.5) is 8.78 Å². The Bertz CT molecular complexity index is 232. The Hall–Kier alpha value is -0.510. The molecule has 0 amide bonds. The first-order chi connectivity index (χ1) is 5.25. The topological polar surface area (TPSA) is 12.9 Å². The van der Waals surface area contributed by atoms with Crippen LogP contribution in [-0.2, 0) is 6.42 Å². The highest BCUT2D eigenvalue weighted by molar-refractivity contribution is 9.09. The fraction of sp³-hybridized carbons (Fsp3) is 0.286. The molecule has 0 atom stereocenters. The second-order valence-electron chi connectivity index (χ2n) is 2.02. The van der Waals surface area contributed by atoms with Gasteiger partial charge in [-0.3, -0.25) is 4.98 Å². The first-order valence-corrected chi connectivity index (χ1v) is 4.21. The predicted molar refractivity (Wildman–Crippen MR) is 41.7 cm³/mol. The lowest BCUT2D eigenvalue weighted by Gasteiger charge is -1.99. The van der Waals surface area contributed by atoms with Crippen molar-refractivity contribution >= 4 is 15.9 Å². The predicted octanol–water partition coefficient (Wildman–Crippen LogP) is 2.30. The molecule has 0 radical (unpaired) electrons. The van der Waals surface area contributed by atoms with Gasteiger partial charge in [0.2, 0.25) is 0 Å². The van der Waals surface area contributed by atoms with Crippen LogP contribution in [0.5, 0.6) is 0 Å². The van der Waals surface area contributed by atoms with E-state index >= 15 is 0 Å². The fourth-order valence-corrected chi connectivity index (χ4v) is 1.17. The third-order valence-corrected chi connectivity index (χ3v) is 1.69. The number of aromatic nitrogens is 1. The summed E-state index contributed by atoms with van der Waals surface area (Å²) in [5.41, 5.74) is 0.0943. The highest BCUT2D eigenvalue weighted by atomic mass is 79.9. The molecular weight excluding hydrogens is 216 g/mol. The van der Waals surface area contributed by atoms with Crippen molar-refractivity contribution in [3.63, 3.8) is 0 Å². The number of hydrogen-bond acceptors (Lipinski definition) is 1. The van der Waals surface area contributed by atoms with Gasteiger partial charge in [0.1, 0.15) is 11.6 Å². The maximum atomic E-state index is 12.7. The van der Waals surface area contributed by atoms with Crippen LogP contribution in [-0.4, -0.2) is 10.3 Å². The smallest absolute Gasteiger partial charge is 0.147 e. The number of rotatable bonds is 2. The molecule has 0 N–H and O–H groups in total. The summed E-state index contributed by atoms with van der Waals surface area (Å²) in [6, 6.07) is 0. The molecule has 0 bridgehead atoms. The van der Waals surface area contributed by atoms with Crippen LogP contribution >= 0.6 is 15.9 Å². The van der Waals surface area contributed by atoms with E-state index in [-0.39, 0.29) is 5.56 Å². The van der Waals surface area contributed by atoms with Gasteiger partial charge in [-0.25, -0.2) is 8.78 Å². The van der Waals surface area contributed by atoms with Crippen LogP contribution in [0.2, 0.25) is 0 Å². The second-order valence-corrected chi connectivity index (χ2v) is 2.81. The first-order valence-electron chi connectivity index (χ1n) is 3.09. The van der Waals surface area contributed by atoms with E-state index in [1.54, 1.807) is 0 Å². The van der Waals surface area contributed by atoms with Gasteiger partial charge in [0.05, 0.1) is 12.4 Å². The molecule has 1 nitrogen and oxygen atoms in total. The molecular formula is C7H6BrF2N. The zero-order valence-corrected chi connectivity index (χ0v) is 7.24. The minimum Gasteiger partial charge on any atom is -0.259 e. The fourth-order valence-electron chi connectivity index (χ4n) is 0.771. The average molecular weight is 222 g/mol. The van der Waals surface area contributed by atoms with Crippen LogP contribution in [0, 0.1) is 11.6 Å². The Balaban J connectivity index is 3.00. The standard InChI is InChI=1S/C7H6BrF2N/c8-2-1-5-6(9)3-11-4-7(5)10/h3-4H,1-2H2. The maximum Gasteiger partial charge on any atom is 0.147 e. The Morgan fingerprint density at radius 3 is 2.27 bits per heavy atom. The molecule has 0 saturated heterocycles. The Labute approximate surface area is 71.6 Å². The van der Waals surface area contributed by atoms with Gasteiger partial charge in [-0.05, 0) is 6.42 Å². The van der Waals surface area contributed by atoms with Crippen molar-refractivity contribution in [2.24, 2.45) is 0 Å². The molecule has 0 aliphatic rings. The van der Waals surface area contributed by atoms with Crippen molar-refractivity contribution in [3.05, 3.63) is 29.6 Å². The molecule has 0 spiro atoms. The summed E-state index contributed by atoms with van der Waals surface area (Å²) in [5, 5.41) is 0.546. The van der Waals surface area contributed by atoms with Crippen LogP contribution < -0.4 is 0 Å². The molecule has 0 saturated carbocycles. The number of halogens is 3. The highest BCUT2D eigenvalue weighted by Crippen LogP contribution is 2.11. The van der Waals surface area contributed by atoms with Crippen LogP contribution in [0.1, 0.15) is 5.56 Å². The van der Waals surface area contributed by atoms with E-state index in [0.717, 1.165) is 12.4 Å². The zero-order valence-electron chi connectivity index (χ0n) is 5.65. The van der Waals surface area contributed by atoms with E-state index in [2.05, 4.69) is 20.9 Å². The van der Waals surface area contributed by atoms with Crippen LogP contribution in [0.3, 0.4) is 0 Å². The second kappa shape index (κ2) is 3.76. The Morgan fingerprint density at radius 1 is 1.27 bits per heavy atom. The third kappa shape index (κ3) is 1.96. The van der Waals surface area contributed by atoms with Crippen LogP contribution in [0.25, 0.3) is 0 Å². The molecule has 0 aliphatic heterocycles. The van der Waals surface area contributed by atoms with Crippen LogP contribution in [0.15, 0.2) is 12.4 Å². The zero-order chi connectivity index (χ0) is 8.27. The van der Waals surface area contributed by atoms with Crippen molar-refractivity contribution in [2.45, 2.75) is 6.42 Å². The summed E-state index contributed by atoms with van der Waals surface area (Å²) in [7, 11) is 0. The lowest BCUT2D eigenvalue weighted by molar-refractivity contribution is 0.550. The van der Waals surface area contributed by atoms with Crippen molar-refractivity contribution in [1.29, 1.82) is 0 Å². The molecule has 0 aromatic carbocycles. The maximum absolute atomic E-state index is 12.7. The Morgan fingerprint density at radius 2 is 1.82 bits per heavy atom. The van der Waals surface area contributed by atoms with Gasteiger partial charge in [-0.2, -0.15) is 0 Å². The van der Waals surface area contributed by atoms with E-state index < -0.39 is 11.6 Å². The van der Waals surface area contributed by atoms with Gasteiger partial charge in [0.15, 0.2) is 0 Å². The summed E-state index contributed by atoms with van der Waals surface area (Å²) in [6.45, 7) is 0. The highest BCUT2D eigenvalue weighted by Gasteiger charge is 2.06. The molecule has 60 valence electrons. The summed E-state index contributed by atoms with van der Waals surface area (Å²) < 4.78 is 25.4. The van der Waals surface area contributed by atoms with Crippen molar-refractivity contribution < 1.29 is 8.78 Å². The third-order valence-electron chi connectivity index (χ3n) is 1.30. The molecule has 1 heterocycles. The lowest BCUT2D eigenvalue weighted by Crippen LogP contribution is -1.97. The number of hydrogen-bond donors (Lipinski definition) is 0. The number of alkyl halides is 1. The van der Waals surface area contributed by atoms with Gasteiger partial charge >= 0.3 is 0 Å². The molecule has 0 unspecified atom stereocenters. The summed E-state index contributed by atoms with van der Waals surface area (Å²) in [5.74, 6) is -1.16. The minimum atomic E-state index is -0.579. The molecule has 1 aromatic rings. The minimum absolute atomic E-state index is 0.0943. The summed E-state index contributed by atoms with van der Waals surface area (Å²) in [4.78, 5) is 3.36. The van der Waals surface area contributed by atoms with Crippen molar-refractivity contribution in [2.75, 3.05) is 5.33 Å². The number of nitrogens with zero attached hydrogens (tertiary/aromatic N) is 1. The summed E-state index contributed by atoms with van der Waals surface area (Å²) >= 11 is 3.10. The van der Waals surface area contributed by atoms with E-state index in [0.29, 0.717) is 11.8 Å². The van der Waals surface area contributed by atoms with E-state index in [1.165, 1.54) is 0 Å². The van der Waals surface area contributed by atoms with Crippen molar-refractivity contribution in [3.8, 4) is 0 Å². The van der Waals surface area contributed by atoms with E-state index in [9.17, 15) is 8.78 Å². The molecule has 0 fully saturated rings. The molecule has 11 heavy (non-hydrogen) atoms. The van der Waals surface area contributed by atoms with Gasteiger partial charge in [-0.15, -0.1) is 0 Å². The number of pyridine rings is 1. The van der Waals surface area contributed by atoms with Crippen molar-refractivity contribution in [1.82, 2.24) is 4.98 Å². The van der Waals surface area contributed by atoms with Gasteiger partial charge in [-0.1, -0.05) is 15.9 Å².